The van der Waals surface area contributed by atoms with E-state index in [1.807, 2.05) is 12.1 Å². The molecule has 4 nitrogen and oxygen atoms in total. The number of nitrogens with two attached hydrogens (primary N) is 1. The minimum atomic E-state index is -3.34. The monoisotopic (exact) mass is 288 g/mol. The van der Waals surface area contributed by atoms with Crippen molar-refractivity contribution >= 4 is 21.6 Å². The molecule has 100 valence electrons. The van der Waals surface area contributed by atoms with E-state index in [0.717, 1.165) is 17.9 Å². The summed E-state index contributed by atoms with van der Waals surface area (Å²) in [5.41, 5.74) is 2.61. The van der Waals surface area contributed by atoms with Gasteiger partial charge < -0.3 is 5.32 Å². The van der Waals surface area contributed by atoms with E-state index >= 15 is 0 Å². The van der Waals surface area contributed by atoms with Crippen LogP contribution >= 0.6 is 11.6 Å². The highest BCUT2D eigenvalue weighted by molar-refractivity contribution is 7.89. The van der Waals surface area contributed by atoms with Crippen molar-refractivity contribution in [2.75, 3.05) is 12.3 Å². The van der Waals surface area contributed by atoms with Gasteiger partial charge in [0.2, 0.25) is 10.0 Å². The second-order valence-corrected chi connectivity index (χ2v) is 6.86. The van der Waals surface area contributed by atoms with Gasteiger partial charge >= 0.3 is 0 Å². The fourth-order valence-corrected chi connectivity index (χ4v) is 3.05. The number of rotatable bonds is 5. The molecule has 0 aromatic heterocycles. The number of halogens is 1. The van der Waals surface area contributed by atoms with E-state index in [0.29, 0.717) is 19.0 Å². The standard InChI is InChI=1S/C12H17ClN2O2S/c13-11-3-2-9-7-12(8-10(9)6-11)15-4-1-5-18(14,16)17/h2-3,6,12,15H,1,4-5,7-8H2,(H2,14,16,17). The maximum Gasteiger partial charge on any atom is 0.209 e. The molecule has 0 bridgehead atoms. The van der Waals surface area contributed by atoms with Crippen LogP contribution in [-0.4, -0.2) is 26.8 Å². The van der Waals surface area contributed by atoms with Crippen LogP contribution in [0.15, 0.2) is 18.2 Å². The molecule has 0 saturated carbocycles. The highest BCUT2D eigenvalue weighted by Gasteiger charge is 2.20. The Bertz CT molecular complexity index is 531. The van der Waals surface area contributed by atoms with Gasteiger partial charge in [-0.2, -0.15) is 0 Å². The zero-order chi connectivity index (χ0) is 13.2. The van der Waals surface area contributed by atoms with E-state index in [-0.39, 0.29) is 5.75 Å². The third-order valence-electron chi connectivity index (χ3n) is 3.14. The lowest BCUT2D eigenvalue weighted by Crippen LogP contribution is -2.31. The quantitative estimate of drug-likeness (QED) is 0.796. The Morgan fingerprint density at radius 1 is 1.33 bits per heavy atom. The molecule has 0 heterocycles. The topological polar surface area (TPSA) is 72.2 Å². The number of hydrogen-bond acceptors (Lipinski definition) is 3. The summed E-state index contributed by atoms with van der Waals surface area (Å²) in [5, 5.41) is 9.07. The van der Waals surface area contributed by atoms with E-state index < -0.39 is 10.0 Å². The molecule has 1 aliphatic rings. The van der Waals surface area contributed by atoms with E-state index in [4.69, 9.17) is 16.7 Å². The Balaban J connectivity index is 1.78. The zero-order valence-corrected chi connectivity index (χ0v) is 11.6. The summed E-state index contributed by atoms with van der Waals surface area (Å²) in [6.07, 6.45) is 2.47. The number of benzene rings is 1. The maximum absolute atomic E-state index is 10.8. The zero-order valence-electron chi connectivity index (χ0n) is 10.0. The first kappa shape index (κ1) is 13.8. The van der Waals surface area contributed by atoms with Crippen LogP contribution in [0.4, 0.5) is 0 Å². The summed E-state index contributed by atoms with van der Waals surface area (Å²) < 4.78 is 21.6. The molecule has 0 saturated heterocycles. The molecule has 3 N–H and O–H groups in total. The second kappa shape index (κ2) is 5.57. The molecule has 0 aliphatic heterocycles. The molecular formula is C12H17ClN2O2S. The van der Waals surface area contributed by atoms with Crippen molar-refractivity contribution < 1.29 is 8.42 Å². The Hall–Kier alpha value is -0.620. The average Bonchev–Trinajstić information content (AvgIpc) is 2.65. The lowest BCUT2D eigenvalue weighted by Gasteiger charge is -2.11. The molecule has 1 aliphatic carbocycles. The molecule has 18 heavy (non-hydrogen) atoms. The van der Waals surface area contributed by atoms with E-state index in [9.17, 15) is 8.42 Å². The summed E-state index contributed by atoms with van der Waals surface area (Å²) in [4.78, 5) is 0. The highest BCUT2D eigenvalue weighted by Crippen LogP contribution is 2.25. The molecule has 1 atom stereocenters. The van der Waals surface area contributed by atoms with E-state index in [1.165, 1.54) is 11.1 Å². The SMILES string of the molecule is NS(=O)(=O)CCCNC1Cc2ccc(Cl)cc2C1. The van der Waals surface area contributed by atoms with E-state index in [2.05, 4.69) is 11.4 Å². The number of hydrogen-bond donors (Lipinski definition) is 2. The number of sulfonamides is 1. The van der Waals surface area contributed by atoms with Crippen LogP contribution in [0, 0.1) is 0 Å². The van der Waals surface area contributed by atoms with Crippen LogP contribution in [0.2, 0.25) is 5.02 Å². The summed E-state index contributed by atoms with van der Waals surface area (Å²) in [5.74, 6) is 0.0332. The van der Waals surface area contributed by atoms with Crippen molar-refractivity contribution in [3.05, 3.63) is 34.3 Å². The van der Waals surface area contributed by atoms with Crippen LogP contribution in [0.5, 0.6) is 0 Å². The van der Waals surface area contributed by atoms with Gasteiger partial charge in [-0.1, -0.05) is 17.7 Å². The fraction of sp³-hybridized carbons (Fsp3) is 0.500. The van der Waals surface area contributed by atoms with Crippen molar-refractivity contribution in [1.82, 2.24) is 5.32 Å². The second-order valence-electron chi connectivity index (χ2n) is 4.69. The van der Waals surface area contributed by atoms with Crippen LogP contribution in [-0.2, 0) is 22.9 Å². The lowest BCUT2D eigenvalue weighted by atomic mass is 10.1. The molecule has 0 amide bonds. The number of fused-ring (bicyclic) bond motifs is 1. The Kier molecular flexibility index (Phi) is 4.27. The van der Waals surface area contributed by atoms with Crippen molar-refractivity contribution in [3.8, 4) is 0 Å². The molecule has 6 heteroatoms. The minimum absolute atomic E-state index is 0.0332. The van der Waals surface area contributed by atoms with Gasteiger partial charge in [0.15, 0.2) is 0 Å². The molecule has 1 unspecified atom stereocenters. The van der Waals surface area contributed by atoms with Gasteiger partial charge in [0, 0.05) is 11.1 Å². The Morgan fingerprint density at radius 3 is 2.78 bits per heavy atom. The van der Waals surface area contributed by atoms with Gasteiger partial charge in [0.1, 0.15) is 0 Å². The molecule has 1 aromatic carbocycles. The summed E-state index contributed by atoms with van der Waals surface area (Å²) in [6.45, 7) is 0.669. The smallest absolute Gasteiger partial charge is 0.209 e. The molecule has 0 spiro atoms. The molecule has 2 rings (SSSR count). The highest BCUT2D eigenvalue weighted by atomic mass is 35.5. The first-order chi connectivity index (χ1) is 8.44. The van der Waals surface area contributed by atoms with Crippen LogP contribution in [0.1, 0.15) is 17.5 Å². The average molecular weight is 289 g/mol. The molecular weight excluding hydrogens is 272 g/mol. The summed E-state index contributed by atoms with van der Waals surface area (Å²) in [6, 6.07) is 6.34. The molecule has 0 radical (unpaired) electrons. The Morgan fingerprint density at radius 2 is 2.06 bits per heavy atom. The van der Waals surface area contributed by atoms with Crippen molar-refractivity contribution in [2.24, 2.45) is 5.14 Å². The number of nitrogens with one attached hydrogen (secondary N) is 1. The van der Waals surface area contributed by atoms with Gasteiger partial charge in [-0.15, -0.1) is 0 Å². The van der Waals surface area contributed by atoms with Gasteiger partial charge in [0.25, 0.3) is 0 Å². The summed E-state index contributed by atoms with van der Waals surface area (Å²) >= 11 is 5.95. The van der Waals surface area contributed by atoms with Crippen molar-refractivity contribution in [1.29, 1.82) is 0 Å². The van der Waals surface area contributed by atoms with Crippen molar-refractivity contribution in [2.45, 2.75) is 25.3 Å². The fourth-order valence-electron chi connectivity index (χ4n) is 2.31. The van der Waals surface area contributed by atoms with Gasteiger partial charge in [-0.25, -0.2) is 13.6 Å². The van der Waals surface area contributed by atoms with Crippen LogP contribution < -0.4 is 10.5 Å². The minimum Gasteiger partial charge on any atom is -0.313 e. The third kappa shape index (κ3) is 3.95. The normalized spacial score (nSPS) is 18.9. The van der Waals surface area contributed by atoms with Crippen LogP contribution in [0.3, 0.4) is 0 Å². The van der Waals surface area contributed by atoms with E-state index in [1.54, 1.807) is 0 Å². The van der Waals surface area contributed by atoms with Crippen LogP contribution in [0.25, 0.3) is 0 Å². The van der Waals surface area contributed by atoms with Gasteiger partial charge in [0.05, 0.1) is 5.75 Å². The number of primary sulfonamides is 1. The third-order valence-corrected chi connectivity index (χ3v) is 4.23. The maximum atomic E-state index is 10.8. The predicted octanol–water partition coefficient (Wildman–Crippen LogP) is 1.08. The van der Waals surface area contributed by atoms with Crippen molar-refractivity contribution in [3.63, 3.8) is 0 Å². The largest absolute Gasteiger partial charge is 0.313 e. The first-order valence-corrected chi connectivity index (χ1v) is 8.04. The summed E-state index contributed by atoms with van der Waals surface area (Å²) in [7, 11) is -3.34. The predicted molar refractivity (Wildman–Crippen MR) is 73.2 cm³/mol. The molecule has 0 fully saturated rings. The Labute approximate surface area is 113 Å². The molecule has 1 aromatic rings. The lowest BCUT2D eigenvalue weighted by molar-refractivity contribution is 0.528. The first-order valence-electron chi connectivity index (χ1n) is 5.95. The van der Waals surface area contributed by atoms with Gasteiger partial charge in [-0.3, -0.25) is 0 Å². The van der Waals surface area contributed by atoms with Gasteiger partial charge in [-0.05, 0) is 49.1 Å².